The fraction of sp³-hybridized carbons (Fsp3) is 0.357. The lowest BCUT2D eigenvalue weighted by Gasteiger charge is -2.12. The van der Waals surface area contributed by atoms with Crippen molar-refractivity contribution in [1.82, 2.24) is 10.3 Å². The van der Waals surface area contributed by atoms with E-state index in [1.165, 1.54) is 16.5 Å². The smallest absolute Gasteiger partial charge is 0.123 e. The van der Waals surface area contributed by atoms with E-state index >= 15 is 0 Å². The summed E-state index contributed by atoms with van der Waals surface area (Å²) in [6.45, 7) is 4.96. The van der Waals surface area contributed by atoms with Crippen LogP contribution in [0.15, 0.2) is 29.9 Å². The quantitative estimate of drug-likeness (QED) is 0.894. The van der Waals surface area contributed by atoms with E-state index in [0.29, 0.717) is 6.04 Å². The van der Waals surface area contributed by atoms with Crippen molar-refractivity contribution in [2.24, 2.45) is 0 Å². The number of benzene rings is 1. The molecule has 0 amide bonds. The van der Waals surface area contributed by atoms with Crippen molar-refractivity contribution < 1.29 is 4.39 Å². The average molecular weight is 264 g/mol. The van der Waals surface area contributed by atoms with E-state index in [9.17, 15) is 4.39 Å². The molecule has 1 N–H and O–H groups in total. The van der Waals surface area contributed by atoms with Crippen LogP contribution in [0.1, 0.15) is 29.0 Å². The van der Waals surface area contributed by atoms with Crippen LogP contribution < -0.4 is 5.32 Å². The first-order chi connectivity index (χ1) is 8.66. The summed E-state index contributed by atoms with van der Waals surface area (Å²) in [6.07, 6.45) is 2.81. The number of nitrogens with zero attached hydrogens (tertiary/aromatic N) is 1. The van der Waals surface area contributed by atoms with Gasteiger partial charge >= 0.3 is 0 Å². The SMILES string of the molecule is Cc1cc(F)ccc1CCNC(C)c1cncs1. The van der Waals surface area contributed by atoms with Crippen molar-refractivity contribution in [1.29, 1.82) is 0 Å². The van der Waals surface area contributed by atoms with Crippen molar-refractivity contribution in [2.45, 2.75) is 26.3 Å². The second-order valence-electron chi connectivity index (χ2n) is 4.40. The van der Waals surface area contributed by atoms with E-state index in [2.05, 4.69) is 17.2 Å². The minimum atomic E-state index is -0.165. The van der Waals surface area contributed by atoms with Crippen LogP contribution in [0.4, 0.5) is 4.39 Å². The Morgan fingerprint density at radius 1 is 1.44 bits per heavy atom. The summed E-state index contributed by atoms with van der Waals surface area (Å²) in [5.41, 5.74) is 4.06. The van der Waals surface area contributed by atoms with Crippen LogP contribution in [-0.2, 0) is 6.42 Å². The van der Waals surface area contributed by atoms with E-state index in [-0.39, 0.29) is 5.82 Å². The monoisotopic (exact) mass is 264 g/mol. The van der Waals surface area contributed by atoms with Crippen LogP contribution >= 0.6 is 11.3 Å². The highest BCUT2D eigenvalue weighted by Crippen LogP contribution is 2.16. The molecule has 1 aromatic carbocycles. The second-order valence-corrected chi connectivity index (χ2v) is 5.32. The third-order valence-corrected chi connectivity index (χ3v) is 3.99. The van der Waals surface area contributed by atoms with Crippen LogP contribution in [0.25, 0.3) is 0 Å². The summed E-state index contributed by atoms with van der Waals surface area (Å²) in [5, 5.41) is 3.45. The van der Waals surface area contributed by atoms with Crippen molar-refractivity contribution in [3.05, 3.63) is 51.7 Å². The van der Waals surface area contributed by atoms with Gasteiger partial charge in [0.1, 0.15) is 5.82 Å². The number of hydrogen-bond acceptors (Lipinski definition) is 3. The van der Waals surface area contributed by atoms with Gasteiger partial charge in [-0.1, -0.05) is 6.07 Å². The van der Waals surface area contributed by atoms with E-state index in [1.54, 1.807) is 17.4 Å². The maximum Gasteiger partial charge on any atom is 0.123 e. The Kier molecular flexibility index (Phi) is 4.44. The maximum absolute atomic E-state index is 13.0. The van der Waals surface area contributed by atoms with Crippen LogP contribution in [0.5, 0.6) is 0 Å². The number of halogens is 1. The fourth-order valence-electron chi connectivity index (χ4n) is 1.90. The molecule has 0 fully saturated rings. The van der Waals surface area contributed by atoms with Gasteiger partial charge in [0, 0.05) is 17.1 Å². The Balaban J connectivity index is 1.85. The molecule has 96 valence electrons. The van der Waals surface area contributed by atoms with E-state index in [1.807, 2.05) is 24.7 Å². The zero-order valence-corrected chi connectivity index (χ0v) is 11.4. The van der Waals surface area contributed by atoms with Crippen LogP contribution in [-0.4, -0.2) is 11.5 Å². The van der Waals surface area contributed by atoms with E-state index in [0.717, 1.165) is 18.5 Å². The molecule has 2 aromatic rings. The summed E-state index contributed by atoms with van der Waals surface area (Å²) < 4.78 is 13.0. The molecular formula is C14H17FN2S. The van der Waals surface area contributed by atoms with Gasteiger partial charge in [-0.3, -0.25) is 4.98 Å². The minimum absolute atomic E-state index is 0.165. The highest BCUT2D eigenvalue weighted by Gasteiger charge is 2.06. The van der Waals surface area contributed by atoms with Crippen molar-refractivity contribution in [3.8, 4) is 0 Å². The first kappa shape index (κ1) is 13.2. The molecule has 1 heterocycles. The Hall–Kier alpha value is -1.26. The van der Waals surface area contributed by atoms with Gasteiger partial charge in [-0.15, -0.1) is 11.3 Å². The number of aryl methyl sites for hydroxylation is 1. The topological polar surface area (TPSA) is 24.9 Å². The number of hydrogen-bond donors (Lipinski definition) is 1. The summed E-state index contributed by atoms with van der Waals surface area (Å²) in [7, 11) is 0. The fourth-order valence-corrected chi connectivity index (χ4v) is 2.56. The normalized spacial score (nSPS) is 12.6. The molecule has 4 heteroatoms. The van der Waals surface area contributed by atoms with Crippen LogP contribution in [0.3, 0.4) is 0 Å². The van der Waals surface area contributed by atoms with Crippen molar-refractivity contribution >= 4 is 11.3 Å². The largest absolute Gasteiger partial charge is 0.309 e. The number of rotatable bonds is 5. The Morgan fingerprint density at radius 3 is 2.94 bits per heavy atom. The molecular weight excluding hydrogens is 247 g/mol. The number of thiazole rings is 1. The molecule has 2 nitrogen and oxygen atoms in total. The lowest BCUT2D eigenvalue weighted by molar-refractivity contribution is 0.582. The van der Waals surface area contributed by atoms with Gasteiger partial charge in [0.15, 0.2) is 0 Å². The average Bonchev–Trinajstić information content (AvgIpc) is 2.85. The third-order valence-electron chi connectivity index (χ3n) is 3.03. The molecule has 0 aliphatic heterocycles. The third kappa shape index (κ3) is 3.37. The van der Waals surface area contributed by atoms with Gasteiger partial charge in [0.2, 0.25) is 0 Å². The molecule has 18 heavy (non-hydrogen) atoms. The van der Waals surface area contributed by atoms with Crippen molar-refractivity contribution in [3.63, 3.8) is 0 Å². The molecule has 0 saturated heterocycles. The Labute approximate surface area is 111 Å². The second kappa shape index (κ2) is 6.07. The van der Waals surface area contributed by atoms with Gasteiger partial charge in [0.05, 0.1) is 5.51 Å². The summed E-state index contributed by atoms with van der Waals surface area (Å²) in [6, 6.07) is 5.29. The lowest BCUT2D eigenvalue weighted by Crippen LogP contribution is -2.20. The molecule has 1 atom stereocenters. The predicted octanol–water partition coefficient (Wildman–Crippen LogP) is 3.48. The number of nitrogens with one attached hydrogen (secondary N) is 1. The van der Waals surface area contributed by atoms with Crippen LogP contribution in [0, 0.1) is 12.7 Å². The van der Waals surface area contributed by atoms with Gasteiger partial charge in [0.25, 0.3) is 0 Å². The molecule has 0 spiro atoms. The van der Waals surface area contributed by atoms with E-state index in [4.69, 9.17) is 0 Å². The first-order valence-corrected chi connectivity index (χ1v) is 6.91. The lowest BCUT2D eigenvalue weighted by atomic mass is 10.1. The molecule has 0 aliphatic rings. The van der Waals surface area contributed by atoms with Gasteiger partial charge in [-0.2, -0.15) is 0 Å². The first-order valence-electron chi connectivity index (χ1n) is 6.03. The van der Waals surface area contributed by atoms with E-state index < -0.39 is 0 Å². The number of aromatic nitrogens is 1. The Bertz CT molecular complexity index is 497. The van der Waals surface area contributed by atoms with Gasteiger partial charge in [-0.25, -0.2) is 4.39 Å². The highest BCUT2D eigenvalue weighted by molar-refractivity contribution is 7.09. The van der Waals surface area contributed by atoms with Crippen molar-refractivity contribution in [2.75, 3.05) is 6.54 Å². The standard InChI is InChI=1S/C14H17FN2S/c1-10-7-13(15)4-3-12(10)5-6-17-11(2)14-8-16-9-18-14/h3-4,7-9,11,17H,5-6H2,1-2H3. The molecule has 0 aliphatic carbocycles. The molecule has 0 bridgehead atoms. The molecule has 0 radical (unpaired) electrons. The zero-order chi connectivity index (χ0) is 13.0. The molecule has 2 rings (SSSR count). The van der Waals surface area contributed by atoms with Gasteiger partial charge in [-0.05, 0) is 50.1 Å². The predicted molar refractivity (Wildman–Crippen MR) is 73.4 cm³/mol. The molecule has 0 saturated carbocycles. The summed E-state index contributed by atoms with van der Waals surface area (Å²) in [5.74, 6) is -0.165. The Morgan fingerprint density at radius 2 is 2.28 bits per heavy atom. The summed E-state index contributed by atoms with van der Waals surface area (Å²) in [4.78, 5) is 5.31. The van der Waals surface area contributed by atoms with Crippen LogP contribution in [0.2, 0.25) is 0 Å². The summed E-state index contributed by atoms with van der Waals surface area (Å²) >= 11 is 1.66. The van der Waals surface area contributed by atoms with Gasteiger partial charge < -0.3 is 5.32 Å². The highest BCUT2D eigenvalue weighted by atomic mass is 32.1. The molecule has 1 unspecified atom stereocenters. The molecule has 1 aromatic heterocycles. The maximum atomic E-state index is 13.0. The minimum Gasteiger partial charge on any atom is -0.309 e. The zero-order valence-electron chi connectivity index (χ0n) is 10.6.